The summed E-state index contributed by atoms with van der Waals surface area (Å²) in [5.74, 6) is 2.17. The zero-order valence-corrected chi connectivity index (χ0v) is 14.6. The molecule has 0 aliphatic carbocycles. The summed E-state index contributed by atoms with van der Waals surface area (Å²) in [6.07, 6.45) is 0.750. The van der Waals surface area contributed by atoms with Gasteiger partial charge in [-0.05, 0) is 24.6 Å². The van der Waals surface area contributed by atoms with Crippen LogP contribution in [0.3, 0.4) is 0 Å². The molecule has 2 aromatic heterocycles. The van der Waals surface area contributed by atoms with Crippen molar-refractivity contribution in [2.24, 2.45) is 0 Å². The normalized spacial score (nSPS) is 10.8. The van der Waals surface area contributed by atoms with Gasteiger partial charge in [0, 0.05) is 24.4 Å². The molecule has 3 aromatic rings. The van der Waals surface area contributed by atoms with Gasteiger partial charge in [0.25, 0.3) is 0 Å². The minimum atomic E-state index is 0.491. The lowest BCUT2D eigenvalue weighted by Gasteiger charge is -2.12. The molecule has 126 valence electrons. The zero-order valence-electron chi connectivity index (χ0n) is 13.8. The van der Waals surface area contributed by atoms with Gasteiger partial charge in [-0.1, -0.05) is 11.3 Å². The number of nitrogens with zero attached hydrogens (tertiary/aromatic N) is 3. The molecular weight excluding hydrogens is 326 g/mol. The smallest absolute Gasteiger partial charge is 0.203 e. The van der Waals surface area contributed by atoms with Crippen LogP contribution in [0.15, 0.2) is 18.2 Å². The van der Waals surface area contributed by atoms with Gasteiger partial charge in [0.1, 0.15) is 10.8 Å². The fourth-order valence-corrected chi connectivity index (χ4v) is 3.09. The number of anilines is 2. The van der Waals surface area contributed by atoms with Crippen molar-refractivity contribution in [1.29, 1.82) is 0 Å². The number of pyridine rings is 1. The molecule has 0 bridgehead atoms. The molecule has 3 rings (SSSR count). The first kappa shape index (κ1) is 16.3. The summed E-state index contributed by atoms with van der Waals surface area (Å²) in [5.41, 5.74) is 7.56. The standard InChI is InChI=1S/C16H19N5O2S/c1-9-6-14(18-5-4-15-20-21-16(17)24-15)19-11-8-13(23-3)12(22-2)7-10(9)11/h6-8H,4-5H2,1-3H3,(H2,17,21)(H,18,19). The van der Waals surface area contributed by atoms with E-state index in [-0.39, 0.29) is 0 Å². The lowest BCUT2D eigenvalue weighted by atomic mass is 10.1. The molecule has 0 unspecified atom stereocenters. The maximum absolute atomic E-state index is 5.58. The number of rotatable bonds is 6. The van der Waals surface area contributed by atoms with Crippen LogP contribution in [-0.4, -0.2) is 35.9 Å². The Morgan fingerprint density at radius 2 is 1.88 bits per heavy atom. The maximum atomic E-state index is 5.58. The van der Waals surface area contributed by atoms with Crippen LogP contribution in [0, 0.1) is 6.92 Å². The van der Waals surface area contributed by atoms with E-state index in [1.54, 1.807) is 14.2 Å². The number of fused-ring (bicyclic) bond motifs is 1. The number of nitrogens with two attached hydrogens (primary N) is 1. The number of nitrogens with one attached hydrogen (secondary N) is 1. The molecule has 24 heavy (non-hydrogen) atoms. The van der Waals surface area contributed by atoms with Crippen LogP contribution in [-0.2, 0) is 6.42 Å². The molecule has 8 heteroatoms. The lowest BCUT2D eigenvalue weighted by molar-refractivity contribution is 0.356. The van der Waals surface area contributed by atoms with Gasteiger partial charge < -0.3 is 20.5 Å². The van der Waals surface area contributed by atoms with E-state index in [1.165, 1.54) is 11.3 Å². The number of ether oxygens (including phenoxy) is 2. The van der Waals surface area contributed by atoms with Crippen LogP contribution in [0.2, 0.25) is 0 Å². The van der Waals surface area contributed by atoms with Crippen molar-refractivity contribution in [3.8, 4) is 11.5 Å². The van der Waals surface area contributed by atoms with Crippen molar-refractivity contribution in [3.05, 3.63) is 28.8 Å². The monoisotopic (exact) mass is 345 g/mol. The largest absolute Gasteiger partial charge is 0.493 e. The summed E-state index contributed by atoms with van der Waals surface area (Å²) in [4.78, 5) is 4.65. The summed E-state index contributed by atoms with van der Waals surface area (Å²) >= 11 is 1.40. The van der Waals surface area contributed by atoms with Crippen molar-refractivity contribution >= 4 is 33.2 Å². The van der Waals surface area contributed by atoms with Crippen molar-refractivity contribution in [2.75, 3.05) is 31.8 Å². The van der Waals surface area contributed by atoms with E-state index in [0.29, 0.717) is 23.2 Å². The summed E-state index contributed by atoms with van der Waals surface area (Å²) < 4.78 is 10.7. The van der Waals surface area contributed by atoms with E-state index in [4.69, 9.17) is 15.2 Å². The zero-order chi connectivity index (χ0) is 17.1. The highest BCUT2D eigenvalue weighted by atomic mass is 32.1. The van der Waals surface area contributed by atoms with Gasteiger partial charge >= 0.3 is 0 Å². The molecule has 0 saturated heterocycles. The van der Waals surface area contributed by atoms with Gasteiger partial charge in [-0.25, -0.2) is 4.98 Å². The van der Waals surface area contributed by atoms with E-state index in [0.717, 1.165) is 33.7 Å². The minimum absolute atomic E-state index is 0.491. The van der Waals surface area contributed by atoms with Gasteiger partial charge in [0.05, 0.1) is 19.7 Å². The van der Waals surface area contributed by atoms with E-state index in [9.17, 15) is 0 Å². The van der Waals surface area contributed by atoms with Crippen LogP contribution in [0.1, 0.15) is 10.6 Å². The Morgan fingerprint density at radius 1 is 1.12 bits per heavy atom. The molecule has 3 N–H and O–H groups in total. The summed E-state index contributed by atoms with van der Waals surface area (Å²) in [5, 5.41) is 13.6. The van der Waals surface area contributed by atoms with E-state index in [1.807, 2.05) is 25.1 Å². The second-order valence-corrected chi connectivity index (χ2v) is 6.35. The molecule has 0 aliphatic heterocycles. The molecular formula is C16H19N5O2S. The van der Waals surface area contributed by atoms with Gasteiger partial charge in [-0.3, -0.25) is 0 Å². The van der Waals surface area contributed by atoms with Crippen LogP contribution >= 0.6 is 11.3 Å². The van der Waals surface area contributed by atoms with Crippen molar-refractivity contribution in [3.63, 3.8) is 0 Å². The number of aryl methyl sites for hydroxylation is 1. The maximum Gasteiger partial charge on any atom is 0.203 e. The van der Waals surface area contributed by atoms with Gasteiger partial charge in [-0.2, -0.15) is 0 Å². The van der Waals surface area contributed by atoms with Crippen LogP contribution in [0.25, 0.3) is 10.9 Å². The van der Waals surface area contributed by atoms with E-state index < -0.39 is 0 Å². The lowest BCUT2D eigenvalue weighted by Crippen LogP contribution is -2.06. The molecule has 0 aliphatic rings. The first-order valence-corrected chi connectivity index (χ1v) is 8.27. The number of benzene rings is 1. The topological polar surface area (TPSA) is 95.2 Å². The van der Waals surface area contributed by atoms with Gasteiger partial charge in [0.2, 0.25) is 5.13 Å². The van der Waals surface area contributed by atoms with E-state index in [2.05, 4.69) is 20.5 Å². The molecule has 0 amide bonds. The summed E-state index contributed by atoms with van der Waals surface area (Å²) in [6.45, 7) is 2.76. The molecule has 2 heterocycles. The average molecular weight is 345 g/mol. The average Bonchev–Trinajstić information content (AvgIpc) is 2.99. The third kappa shape index (κ3) is 3.33. The second-order valence-electron chi connectivity index (χ2n) is 5.26. The first-order valence-electron chi connectivity index (χ1n) is 7.46. The molecule has 1 aromatic carbocycles. The van der Waals surface area contributed by atoms with E-state index >= 15 is 0 Å². The highest BCUT2D eigenvalue weighted by molar-refractivity contribution is 7.15. The SMILES string of the molecule is COc1cc2nc(NCCc3nnc(N)s3)cc(C)c2cc1OC. The highest BCUT2D eigenvalue weighted by Gasteiger charge is 2.10. The molecule has 7 nitrogen and oxygen atoms in total. The number of nitrogen functional groups attached to an aromatic ring is 1. The molecule has 0 saturated carbocycles. The van der Waals surface area contributed by atoms with Gasteiger partial charge in [-0.15, -0.1) is 10.2 Å². The first-order chi connectivity index (χ1) is 11.6. The second kappa shape index (κ2) is 6.88. The fraction of sp³-hybridized carbons (Fsp3) is 0.312. The van der Waals surface area contributed by atoms with Crippen LogP contribution < -0.4 is 20.5 Å². The molecule has 0 fully saturated rings. The Morgan fingerprint density at radius 3 is 2.54 bits per heavy atom. The Balaban J connectivity index is 1.81. The Hall–Kier alpha value is -2.61. The quantitative estimate of drug-likeness (QED) is 0.709. The Bertz CT molecular complexity index is 865. The minimum Gasteiger partial charge on any atom is -0.493 e. The van der Waals surface area contributed by atoms with Crippen molar-refractivity contribution in [2.45, 2.75) is 13.3 Å². The summed E-state index contributed by atoms with van der Waals surface area (Å²) in [7, 11) is 3.25. The third-order valence-electron chi connectivity index (χ3n) is 3.65. The number of hydrogen-bond donors (Lipinski definition) is 2. The van der Waals surface area contributed by atoms with Gasteiger partial charge in [0.15, 0.2) is 11.5 Å². The predicted molar refractivity (Wildman–Crippen MR) is 96.1 cm³/mol. The fourth-order valence-electron chi connectivity index (χ4n) is 2.48. The third-order valence-corrected chi connectivity index (χ3v) is 4.46. The number of methoxy groups -OCH3 is 2. The van der Waals surface area contributed by atoms with Crippen LogP contribution in [0.4, 0.5) is 10.9 Å². The number of hydrogen-bond acceptors (Lipinski definition) is 8. The van der Waals surface area contributed by atoms with Crippen LogP contribution in [0.5, 0.6) is 11.5 Å². The molecule has 0 spiro atoms. The molecule has 0 atom stereocenters. The molecule has 0 radical (unpaired) electrons. The predicted octanol–water partition coefficient (Wildman–Crippen LogP) is 2.65. The van der Waals surface area contributed by atoms with Crippen molar-refractivity contribution in [1.82, 2.24) is 15.2 Å². The summed E-state index contributed by atoms with van der Waals surface area (Å²) in [6, 6.07) is 5.85. The number of aromatic nitrogens is 3. The highest BCUT2D eigenvalue weighted by Crippen LogP contribution is 2.33. The van der Waals surface area contributed by atoms with Crippen molar-refractivity contribution < 1.29 is 9.47 Å². The Kier molecular flexibility index (Phi) is 4.66. The Labute approximate surface area is 143 Å².